The molecule has 1 fully saturated rings. The summed E-state index contributed by atoms with van der Waals surface area (Å²) in [6.45, 7) is 3.31. The van der Waals surface area contributed by atoms with Gasteiger partial charge in [0.05, 0.1) is 16.9 Å². The van der Waals surface area contributed by atoms with Crippen LogP contribution in [-0.4, -0.2) is 36.6 Å². The van der Waals surface area contributed by atoms with E-state index in [-0.39, 0.29) is 16.8 Å². The second kappa shape index (κ2) is 9.32. The van der Waals surface area contributed by atoms with Crippen LogP contribution in [0.15, 0.2) is 35.9 Å². The third-order valence-corrected chi connectivity index (χ3v) is 5.75. The van der Waals surface area contributed by atoms with Crippen LogP contribution in [0.3, 0.4) is 0 Å². The molecule has 1 saturated carbocycles. The number of ether oxygens (including phenoxy) is 1. The molecule has 2 aromatic rings. The number of carbonyl (C=O) groups excluding carboxylic acids is 1. The van der Waals surface area contributed by atoms with Crippen molar-refractivity contribution in [2.75, 3.05) is 6.26 Å². The maximum Gasteiger partial charge on any atom is 0.289 e. The molecule has 0 saturated heterocycles. The van der Waals surface area contributed by atoms with Gasteiger partial charge < -0.3 is 10.1 Å². The predicted octanol–water partition coefficient (Wildman–Crippen LogP) is 3.78. The molecule has 0 spiro atoms. The first kappa shape index (κ1) is 23.1. The molecule has 7 nitrogen and oxygen atoms in total. The number of nitrogens with zero attached hydrogens (tertiary/aromatic N) is 2. The number of nitrogens with one attached hydrogen (secondary N) is 1. The Kier molecular flexibility index (Phi) is 6.96. The molecule has 1 N–H and O–H groups in total. The first-order valence-electron chi connectivity index (χ1n) is 9.68. The maximum atomic E-state index is 13.9. The van der Waals surface area contributed by atoms with E-state index < -0.39 is 33.7 Å². The van der Waals surface area contributed by atoms with Crippen molar-refractivity contribution >= 4 is 27.3 Å². The van der Waals surface area contributed by atoms with Crippen LogP contribution in [0, 0.1) is 18.7 Å². The van der Waals surface area contributed by atoms with Crippen LogP contribution >= 0.6 is 11.6 Å². The normalized spacial score (nSPS) is 16.2. The molecule has 1 unspecified atom stereocenters. The summed E-state index contributed by atoms with van der Waals surface area (Å²) in [5.41, 5.74) is 1.01. The molecule has 10 heteroatoms. The molecule has 2 atom stereocenters. The first-order chi connectivity index (χ1) is 14.5. The number of rotatable bonds is 8. The molecule has 1 aromatic heterocycles. The summed E-state index contributed by atoms with van der Waals surface area (Å²) in [4.78, 5) is 20.6. The molecule has 166 valence electrons. The monoisotopic (exact) mass is 467 g/mol. The number of aryl methyl sites for hydroxylation is 1. The summed E-state index contributed by atoms with van der Waals surface area (Å²) in [6.07, 6.45) is 5.27. The fourth-order valence-electron chi connectivity index (χ4n) is 2.95. The van der Waals surface area contributed by atoms with Crippen molar-refractivity contribution in [2.24, 2.45) is 5.92 Å². The first-order valence-corrected chi connectivity index (χ1v) is 12.0. The minimum Gasteiger partial charge on any atom is -0.482 e. The van der Waals surface area contributed by atoms with Crippen molar-refractivity contribution < 1.29 is 22.3 Å². The van der Waals surface area contributed by atoms with Crippen molar-refractivity contribution in [1.29, 1.82) is 0 Å². The molecule has 1 aliphatic rings. The van der Waals surface area contributed by atoms with E-state index in [4.69, 9.17) is 16.3 Å². The van der Waals surface area contributed by atoms with Crippen LogP contribution in [0.2, 0.25) is 5.02 Å². The summed E-state index contributed by atoms with van der Waals surface area (Å²) in [5, 5.41) is 3.67. The number of benzene rings is 1. The molecule has 0 aliphatic heterocycles. The topological polar surface area (TPSA) is 98.2 Å². The van der Waals surface area contributed by atoms with Crippen molar-refractivity contribution in [1.82, 2.24) is 15.3 Å². The van der Waals surface area contributed by atoms with Gasteiger partial charge in [-0.15, -0.1) is 0 Å². The number of hydrogen-bond donors (Lipinski definition) is 1. The Morgan fingerprint density at radius 3 is 2.71 bits per heavy atom. The average molecular weight is 468 g/mol. The third-order valence-electron chi connectivity index (χ3n) is 4.70. The average Bonchev–Trinajstić information content (AvgIpc) is 3.52. The molecule has 1 heterocycles. The smallest absolute Gasteiger partial charge is 0.289 e. The standard InChI is InChI=1S/C21H23ClFN3O4S/c1-12(9-10-31(3,28)29)25-21(27)20-24-11-17(13(2)26-20)30-19(14-7-8-14)15-5-4-6-16(23)18(15)22/h4-6,9-12,14,19H,7-8H2,1-3H3,(H,25,27)/b10-9+/t12-,19?/m1/s1. The zero-order valence-corrected chi connectivity index (χ0v) is 18.9. The lowest BCUT2D eigenvalue weighted by Crippen LogP contribution is -2.32. The highest BCUT2D eigenvalue weighted by atomic mass is 35.5. The van der Waals surface area contributed by atoms with Crippen LogP contribution in [-0.2, 0) is 9.84 Å². The molecule has 0 bridgehead atoms. The number of amides is 1. The highest BCUT2D eigenvalue weighted by molar-refractivity contribution is 7.93. The fourth-order valence-corrected chi connectivity index (χ4v) is 3.71. The lowest BCUT2D eigenvalue weighted by molar-refractivity contribution is 0.0935. The van der Waals surface area contributed by atoms with Crippen molar-refractivity contribution in [2.45, 2.75) is 38.8 Å². The van der Waals surface area contributed by atoms with Gasteiger partial charge in [-0.3, -0.25) is 4.79 Å². The largest absolute Gasteiger partial charge is 0.482 e. The van der Waals surface area contributed by atoms with Gasteiger partial charge in [-0.1, -0.05) is 29.8 Å². The Bertz CT molecular complexity index is 1120. The molecular formula is C21H23ClFN3O4S. The quantitative estimate of drug-likeness (QED) is 0.634. The summed E-state index contributed by atoms with van der Waals surface area (Å²) < 4.78 is 42.4. The number of carbonyl (C=O) groups is 1. The van der Waals surface area contributed by atoms with E-state index in [0.29, 0.717) is 17.0 Å². The number of aromatic nitrogens is 2. The minimum atomic E-state index is -3.29. The van der Waals surface area contributed by atoms with Crippen molar-refractivity contribution in [3.63, 3.8) is 0 Å². The van der Waals surface area contributed by atoms with E-state index in [2.05, 4.69) is 15.3 Å². The Balaban J connectivity index is 1.75. The minimum absolute atomic E-state index is 0.0325. The zero-order chi connectivity index (χ0) is 22.8. The van der Waals surface area contributed by atoms with Crippen LogP contribution in [0.25, 0.3) is 0 Å². The fraction of sp³-hybridized carbons (Fsp3) is 0.381. The highest BCUT2D eigenvalue weighted by Gasteiger charge is 2.36. The predicted molar refractivity (Wildman–Crippen MR) is 115 cm³/mol. The van der Waals surface area contributed by atoms with Gasteiger partial charge in [0, 0.05) is 29.2 Å². The lowest BCUT2D eigenvalue weighted by atomic mass is 10.0. The van der Waals surface area contributed by atoms with Gasteiger partial charge in [-0.25, -0.2) is 22.8 Å². The van der Waals surface area contributed by atoms with Crippen LogP contribution in [0.4, 0.5) is 4.39 Å². The maximum absolute atomic E-state index is 13.9. The molecule has 1 aromatic carbocycles. The molecule has 1 aliphatic carbocycles. The van der Waals surface area contributed by atoms with Gasteiger partial charge in [0.1, 0.15) is 11.9 Å². The van der Waals surface area contributed by atoms with Crippen molar-refractivity contribution in [3.05, 3.63) is 63.8 Å². The van der Waals surface area contributed by atoms with Crippen LogP contribution in [0.5, 0.6) is 5.75 Å². The Hall–Kier alpha value is -2.52. The van der Waals surface area contributed by atoms with E-state index in [1.165, 1.54) is 18.3 Å². The van der Waals surface area contributed by atoms with E-state index in [9.17, 15) is 17.6 Å². The van der Waals surface area contributed by atoms with Gasteiger partial charge in [-0.05, 0) is 32.8 Å². The van der Waals surface area contributed by atoms with Gasteiger partial charge in [-0.2, -0.15) is 0 Å². The van der Waals surface area contributed by atoms with Gasteiger partial charge >= 0.3 is 0 Å². The van der Waals surface area contributed by atoms with Gasteiger partial charge in [0.2, 0.25) is 5.82 Å². The summed E-state index contributed by atoms with van der Waals surface area (Å²) in [7, 11) is -3.29. The Morgan fingerprint density at radius 2 is 2.10 bits per heavy atom. The second-order valence-electron chi connectivity index (χ2n) is 7.58. The van der Waals surface area contributed by atoms with E-state index in [1.807, 2.05) is 0 Å². The van der Waals surface area contributed by atoms with Gasteiger partial charge in [0.25, 0.3) is 5.91 Å². The Morgan fingerprint density at radius 1 is 1.39 bits per heavy atom. The summed E-state index contributed by atoms with van der Waals surface area (Å²) in [5.74, 6) is -0.543. The highest BCUT2D eigenvalue weighted by Crippen LogP contribution is 2.46. The van der Waals surface area contributed by atoms with Crippen molar-refractivity contribution in [3.8, 4) is 5.75 Å². The number of sulfone groups is 1. The number of hydrogen-bond acceptors (Lipinski definition) is 6. The van der Waals surface area contributed by atoms with E-state index >= 15 is 0 Å². The molecule has 3 rings (SSSR count). The Labute approximate surface area is 185 Å². The molecule has 1 amide bonds. The molecule has 0 radical (unpaired) electrons. The summed E-state index contributed by atoms with van der Waals surface area (Å²) in [6, 6.07) is 4.09. The second-order valence-corrected chi connectivity index (χ2v) is 9.89. The molecule has 31 heavy (non-hydrogen) atoms. The zero-order valence-electron chi connectivity index (χ0n) is 17.3. The third kappa shape index (κ3) is 6.24. The number of halogens is 2. The summed E-state index contributed by atoms with van der Waals surface area (Å²) >= 11 is 6.15. The van der Waals surface area contributed by atoms with E-state index in [1.54, 1.807) is 26.0 Å². The lowest BCUT2D eigenvalue weighted by Gasteiger charge is -2.21. The molecular weight excluding hydrogens is 445 g/mol. The van der Waals surface area contributed by atoms with Gasteiger partial charge in [0.15, 0.2) is 15.6 Å². The van der Waals surface area contributed by atoms with Crippen LogP contribution in [0.1, 0.15) is 47.7 Å². The van der Waals surface area contributed by atoms with E-state index in [0.717, 1.165) is 24.5 Å². The van der Waals surface area contributed by atoms with Crippen LogP contribution < -0.4 is 10.1 Å². The SMILES string of the molecule is Cc1nc(C(=O)N[C@H](C)/C=C/S(C)(=O)=O)ncc1OC(c1cccc(F)c1Cl)C1CC1.